The minimum Gasteiger partial charge on any atom is -0.384 e. The zero-order valence-electron chi connectivity index (χ0n) is 12.3. The van der Waals surface area contributed by atoms with Crippen LogP contribution in [0.1, 0.15) is 46.5 Å². The Morgan fingerprint density at radius 3 is 2.61 bits per heavy atom. The van der Waals surface area contributed by atoms with Gasteiger partial charge in [0, 0.05) is 29.7 Å². The third-order valence-electron chi connectivity index (χ3n) is 4.69. The molecule has 108 valence electrons. The van der Waals surface area contributed by atoms with Gasteiger partial charge in [0.05, 0.1) is 11.9 Å². The molecule has 0 saturated heterocycles. The van der Waals surface area contributed by atoms with E-state index >= 15 is 0 Å². The lowest BCUT2D eigenvalue weighted by atomic mass is 9.69. The summed E-state index contributed by atoms with van der Waals surface area (Å²) in [4.78, 5) is 0. The topological polar surface area (TPSA) is 52.3 Å². The van der Waals surface area contributed by atoms with Gasteiger partial charge in [0.25, 0.3) is 0 Å². The van der Waals surface area contributed by atoms with Crippen LogP contribution in [0.25, 0.3) is 0 Å². The zero-order chi connectivity index (χ0) is 13.8. The molecule has 4 heteroatoms. The van der Waals surface area contributed by atoms with E-state index in [2.05, 4.69) is 20.8 Å². The fourth-order valence-corrected chi connectivity index (χ4v) is 4.38. The summed E-state index contributed by atoms with van der Waals surface area (Å²) in [6.07, 6.45) is 4.38. The van der Waals surface area contributed by atoms with Gasteiger partial charge in [-0.15, -0.1) is 0 Å². The van der Waals surface area contributed by atoms with Gasteiger partial charge in [-0.3, -0.25) is 4.21 Å². The molecular weight excluding hydrogens is 246 g/mol. The Labute approximate surface area is 114 Å². The number of rotatable bonds is 6. The van der Waals surface area contributed by atoms with Gasteiger partial charge >= 0.3 is 0 Å². The highest BCUT2D eigenvalue weighted by atomic mass is 32.2. The Morgan fingerprint density at radius 2 is 2.06 bits per heavy atom. The molecule has 0 aromatic rings. The molecule has 0 aromatic heterocycles. The Bertz CT molecular complexity index is 281. The van der Waals surface area contributed by atoms with Crippen LogP contribution in [0.4, 0.5) is 0 Å². The molecule has 1 rings (SSSR count). The fourth-order valence-electron chi connectivity index (χ4n) is 2.77. The average Bonchev–Trinajstić information content (AvgIpc) is 2.36. The molecule has 1 aliphatic rings. The summed E-state index contributed by atoms with van der Waals surface area (Å²) in [6.45, 7) is 7.45. The van der Waals surface area contributed by atoms with Gasteiger partial charge in [0.15, 0.2) is 0 Å². The predicted molar refractivity (Wildman–Crippen MR) is 78.1 cm³/mol. The highest BCUT2D eigenvalue weighted by Crippen LogP contribution is 2.41. The first-order chi connectivity index (χ1) is 8.42. The monoisotopic (exact) mass is 275 g/mol. The van der Waals surface area contributed by atoms with E-state index in [1.54, 1.807) is 7.11 Å². The lowest BCUT2D eigenvalue weighted by Crippen LogP contribution is -2.46. The van der Waals surface area contributed by atoms with Crippen molar-refractivity contribution in [2.75, 3.05) is 19.5 Å². The summed E-state index contributed by atoms with van der Waals surface area (Å²) in [7, 11) is 0.810. The second-order valence-corrected chi connectivity index (χ2v) is 7.91. The van der Waals surface area contributed by atoms with Crippen LogP contribution in [0.2, 0.25) is 0 Å². The van der Waals surface area contributed by atoms with E-state index in [-0.39, 0.29) is 11.3 Å². The lowest BCUT2D eigenvalue weighted by Gasteiger charge is -2.41. The molecule has 0 heterocycles. The molecule has 0 amide bonds. The summed E-state index contributed by atoms with van der Waals surface area (Å²) in [5.41, 5.74) is 6.50. The number of hydrogen-bond donors (Lipinski definition) is 1. The molecule has 1 aliphatic carbocycles. The van der Waals surface area contributed by atoms with Crippen LogP contribution in [0.3, 0.4) is 0 Å². The molecule has 0 aliphatic heterocycles. The summed E-state index contributed by atoms with van der Waals surface area (Å²) in [5, 5.41) is 0.157. The van der Waals surface area contributed by atoms with Gasteiger partial charge in [-0.05, 0) is 30.6 Å². The standard InChI is InChI=1S/C14H29NO2S/c1-5-14(2,3)11-6-7-12(15)13(10-11)18(16)9-8-17-4/h11-13H,5-10,15H2,1-4H3. The van der Waals surface area contributed by atoms with E-state index < -0.39 is 10.8 Å². The maximum absolute atomic E-state index is 12.3. The van der Waals surface area contributed by atoms with Crippen molar-refractivity contribution < 1.29 is 8.95 Å². The van der Waals surface area contributed by atoms with E-state index in [0.717, 1.165) is 12.8 Å². The van der Waals surface area contributed by atoms with Crippen LogP contribution in [0, 0.1) is 11.3 Å². The molecule has 18 heavy (non-hydrogen) atoms. The number of nitrogens with two attached hydrogens (primary N) is 1. The Kier molecular flexibility index (Phi) is 6.28. The van der Waals surface area contributed by atoms with Crippen LogP contribution in [-0.2, 0) is 15.5 Å². The van der Waals surface area contributed by atoms with E-state index in [1.807, 2.05) is 0 Å². The van der Waals surface area contributed by atoms with Crippen molar-refractivity contribution in [3.63, 3.8) is 0 Å². The number of methoxy groups -OCH3 is 1. The molecule has 4 unspecified atom stereocenters. The van der Waals surface area contributed by atoms with Crippen molar-refractivity contribution in [1.29, 1.82) is 0 Å². The van der Waals surface area contributed by atoms with Crippen LogP contribution >= 0.6 is 0 Å². The van der Waals surface area contributed by atoms with E-state index in [4.69, 9.17) is 10.5 Å². The molecule has 3 nitrogen and oxygen atoms in total. The first kappa shape index (κ1) is 16.1. The molecule has 0 bridgehead atoms. The van der Waals surface area contributed by atoms with E-state index in [0.29, 0.717) is 23.7 Å². The lowest BCUT2D eigenvalue weighted by molar-refractivity contribution is 0.147. The Hall–Kier alpha value is 0.0700. The third kappa shape index (κ3) is 4.04. The minimum atomic E-state index is -0.844. The highest BCUT2D eigenvalue weighted by Gasteiger charge is 2.38. The number of ether oxygens (including phenoxy) is 1. The van der Waals surface area contributed by atoms with Crippen LogP contribution < -0.4 is 5.73 Å². The second-order valence-electron chi connectivity index (χ2n) is 6.13. The first-order valence-electron chi connectivity index (χ1n) is 7.04. The SMILES string of the molecule is CCC(C)(C)C1CCC(N)C(S(=O)CCOC)C1. The van der Waals surface area contributed by atoms with Gasteiger partial charge in [-0.25, -0.2) is 0 Å². The molecule has 0 aromatic carbocycles. The molecular formula is C14H29NO2S. The van der Waals surface area contributed by atoms with Crippen molar-refractivity contribution in [3.8, 4) is 0 Å². The van der Waals surface area contributed by atoms with E-state index in [9.17, 15) is 4.21 Å². The maximum atomic E-state index is 12.3. The number of hydrogen-bond acceptors (Lipinski definition) is 3. The van der Waals surface area contributed by atoms with Gasteiger partial charge in [0.1, 0.15) is 0 Å². The Morgan fingerprint density at radius 1 is 1.39 bits per heavy atom. The van der Waals surface area contributed by atoms with Crippen molar-refractivity contribution in [2.24, 2.45) is 17.1 Å². The smallest absolute Gasteiger partial charge is 0.0577 e. The summed E-state index contributed by atoms with van der Waals surface area (Å²) in [5.74, 6) is 1.27. The van der Waals surface area contributed by atoms with E-state index in [1.165, 1.54) is 12.8 Å². The summed E-state index contributed by atoms with van der Waals surface area (Å²) >= 11 is 0. The quantitative estimate of drug-likeness (QED) is 0.809. The molecule has 1 saturated carbocycles. The predicted octanol–water partition coefficient (Wildman–Crippen LogP) is 2.31. The molecule has 1 fully saturated rings. The van der Waals surface area contributed by atoms with Crippen molar-refractivity contribution in [3.05, 3.63) is 0 Å². The van der Waals surface area contributed by atoms with Crippen LogP contribution in [-0.4, -0.2) is 35.0 Å². The van der Waals surface area contributed by atoms with Crippen LogP contribution in [0.15, 0.2) is 0 Å². The van der Waals surface area contributed by atoms with Crippen molar-refractivity contribution >= 4 is 10.8 Å². The summed E-state index contributed by atoms with van der Waals surface area (Å²) in [6, 6.07) is 0.103. The third-order valence-corrected chi connectivity index (χ3v) is 6.47. The van der Waals surface area contributed by atoms with Crippen molar-refractivity contribution in [2.45, 2.75) is 57.7 Å². The van der Waals surface area contributed by atoms with Gasteiger partial charge in [-0.1, -0.05) is 27.2 Å². The van der Waals surface area contributed by atoms with Crippen molar-refractivity contribution in [1.82, 2.24) is 0 Å². The Balaban J connectivity index is 2.64. The van der Waals surface area contributed by atoms with Gasteiger partial charge in [0.2, 0.25) is 0 Å². The fraction of sp³-hybridized carbons (Fsp3) is 1.00. The second kappa shape index (κ2) is 7.01. The van der Waals surface area contributed by atoms with Gasteiger partial charge < -0.3 is 10.5 Å². The van der Waals surface area contributed by atoms with Crippen LogP contribution in [0.5, 0.6) is 0 Å². The first-order valence-corrected chi connectivity index (χ1v) is 8.42. The normalized spacial score (nSPS) is 31.3. The van der Waals surface area contributed by atoms with Gasteiger partial charge in [-0.2, -0.15) is 0 Å². The molecule has 0 spiro atoms. The average molecular weight is 275 g/mol. The molecule has 0 radical (unpaired) electrons. The summed E-state index contributed by atoms with van der Waals surface area (Å²) < 4.78 is 17.3. The maximum Gasteiger partial charge on any atom is 0.0577 e. The minimum absolute atomic E-state index is 0.103. The molecule has 4 atom stereocenters. The molecule has 2 N–H and O–H groups in total. The zero-order valence-corrected chi connectivity index (χ0v) is 13.1. The highest BCUT2D eigenvalue weighted by molar-refractivity contribution is 7.85. The largest absolute Gasteiger partial charge is 0.384 e.